The van der Waals surface area contributed by atoms with Crippen LogP contribution in [0, 0.1) is 11.8 Å². The van der Waals surface area contributed by atoms with Crippen molar-refractivity contribution in [1.82, 2.24) is 5.32 Å². The molecule has 0 amide bonds. The maximum Gasteiger partial charge on any atom is 0.322 e. The van der Waals surface area contributed by atoms with Gasteiger partial charge in [-0.3, -0.25) is 4.79 Å². The second-order valence-electron chi connectivity index (χ2n) is 3.72. The van der Waals surface area contributed by atoms with Crippen LogP contribution in [0.15, 0.2) is 0 Å². The van der Waals surface area contributed by atoms with Crippen molar-refractivity contribution in [3.8, 4) is 0 Å². The largest absolute Gasteiger partial charge is 0.468 e. The van der Waals surface area contributed by atoms with E-state index in [4.69, 9.17) is 0 Å². The molecule has 1 N–H and O–H groups in total. The molecule has 0 aromatic heterocycles. The average Bonchev–Trinajstić information content (AvgIpc) is 2.51. The second kappa shape index (κ2) is 3.90. The number of hydrogen-bond donors (Lipinski definition) is 1. The first-order chi connectivity index (χ1) is 5.65. The lowest BCUT2D eigenvalue weighted by molar-refractivity contribution is -0.142. The Hall–Kier alpha value is -0.570. The summed E-state index contributed by atoms with van der Waals surface area (Å²) in [7, 11) is 1.44. The Morgan fingerprint density at radius 2 is 2.25 bits per heavy atom. The predicted molar refractivity (Wildman–Crippen MR) is 46.8 cm³/mol. The Balaban J connectivity index is 2.40. The van der Waals surface area contributed by atoms with E-state index in [-0.39, 0.29) is 12.0 Å². The highest BCUT2D eigenvalue weighted by Crippen LogP contribution is 2.22. The van der Waals surface area contributed by atoms with Crippen LogP contribution in [0.4, 0.5) is 0 Å². The van der Waals surface area contributed by atoms with E-state index in [0.717, 1.165) is 13.0 Å². The molecular weight excluding hydrogens is 154 g/mol. The molecule has 0 bridgehead atoms. The highest BCUT2D eigenvalue weighted by Gasteiger charge is 2.31. The summed E-state index contributed by atoms with van der Waals surface area (Å²) < 4.78 is 4.66. The van der Waals surface area contributed by atoms with Crippen molar-refractivity contribution in [3.63, 3.8) is 0 Å². The van der Waals surface area contributed by atoms with Gasteiger partial charge in [0.25, 0.3) is 0 Å². The average molecular weight is 171 g/mol. The van der Waals surface area contributed by atoms with Crippen LogP contribution >= 0.6 is 0 Å². The predicted octanol–water partition coefficient (Wildman–Crippen LogP) is 0.793. The van der Waals surface area contributed by atoms with Crippen LogP contribution < -0.4 is 5.32 Å². The van der Waals surface area contributed by atoms with Gasteiger partial charge in [0.2, 0.25) is 0 Å². The summed E-state index contributed by atoms with van der Waals surface area (Å²) in [6.45, 7) is 5.31. The van der Waals surface area contributed by atoms with E-state index in [0.29, 0.717) is 11.8 Å². The van der Waals surface area contributed by atoms with Crippen molar-refractivity contribution in [2.75, 3.05) is 13.7 Å². The second-order valence-corrected chi connectivity index (χ2v) is 3.72. The maximum absolute atomic E-state index is 11.1. The molecule has 0 saturated carbocycles. The SMILES string of the molecule is COC(=O)C1CC(C(C)C)CN1. The van der Waals surface area contributed by atoms with Crippen molar-refractivity contribution in [1.29, 1.82) is 0 Å². The van der Waals surface area contributed by atoms with Crippen molar-refractivity contribution in [2.45, 2.75) is 26.3 Å². The molecule has 2 unspecified atom stereocenters. The Labute approximate surface area is 73.5 Å². The van der Waals surface area contributed by atoms with Crippen molar-refractivity contribution < 1.29 is 9.53 Å². The third-order valence-electron chi connectivity index (χ3n) is 2.59. The van der Waals surface area contributed by atoms with Crippen molar-refractivity contribution in [2.24, 2.45) is 11.8 Å². The number of nitrogens with one attached hydrogen (secondary N) is 1. The Morgan fingerprint density at radius 1 is 1.58 bits per heavy atom. The highest BCUT2D eigenvalue weighted by molar-refractivity contribution is 5.76. The lowest BCUT2D eigenvalue weighted by atomic mass is 9.93. The Morgan fingerprint density at radius 3 is 2.67 bits per heavy atom. The fourth-order valence-electron chi connectivity index (χ4n) is 1.59. The minimum absolute atomic E-state index is 0.0672. The smallest absolute Gasteiger partial charge is 0.322 e. The molecule has 70 valence electrons. The van der Waals surface area contributed by atoms with Gasteiger partial charge >= 0.3 is 5.97 Å². The van der Waals surface area contributed by atoms with Gasteiger partial charge in [-0.15, -0.1) is 0 Å². The number of ether oxygens (including phenoxy) is 1. The van der Waals surface area contributed by atoms with Crippen LogP contribution in [0.1, 0.15) is 20.3 Å². The molecule has 1 heterocycles. The summed E-state index contributed by atoms with van der Waals surface area (Å²) in [5.41, 5.74) is 0. The molecule has 1 aliphatic heterocycles. The number of rotatable bonds is 2. The van der Waals surface area contributed by atoms with Gasteiger partial charge in [0.05, 0.1) is 7.11 Å². The molecule has 0 spiro atoms. The minimum atomic E-state index is -0.127. The number of carbonyl (C=O) groups excluding carboxylic acids is 1. The molecule has 3 heteroatoms. The van der Waals surface area contributed by atoms with Gasteiger partial charge in [0.1, 0.15) is 6.04 Å². The lowest BCUT2D eigenvalue weighted by Gasteiger charge is -2.11. The molecule has 1 fully saturated rings. The summed E-state index contributed by atoms with van der Waals surface area (Å²) in [6.07, 6.45) is 0.921. The van der Waals surface area contributed by atoms with E-state index in [1.165, 1.54) is 7.11 Å². The molecule has 2 atom stereocenters. The van der Waals surface area contributed by atoms with Crippen LogP contribution in [0.25, 0.3) is 0 Å². The minimum Gasteiger partial charge on any atom is -0.468 e. The summed E-state index contributed by atoms with van der Waals surface area (Å²) in [5.74, 6) is 1.14. The van der Waals surface area contributed by atoms with Gasteiger partial charge in [-0.25, -0.2) is 0 Å². The molecule has 1 aliphatic rings. The standard InChI is InChI=1S/C9H17NO2/c1-6(2)7-4-8(10-5-7)9(11)12-3/h6-8,10H,4-5H2,1-3H3. The molecule has 12 heavy (non-hydrogen) atoms. The third-order valence-corrected chi connectivity index (χ3v) is 2.59. The van der Waals surface area contributed by atoms with E-state index in [1.807, 2.05) is 0 Å². The van der Waals surface area contributed by atoms with Gasteiger partial charge in [-0.2, -0.15) is 0 Å². The molecule has 0 aromatic carbocycles. The first-order valence-electron chi connectivity index (χ1n) is 4.46. The van der Waals surface area contributed by atoms with Crippen LogP contribution in [-0.2, 0) is 9.53 Å². The summed E-state index contributed by atoms with van der Waals surface area (Å²) >= 11 is 0. The monoisotopic (exact) mass is 171 g/mol. The third kappa shape index (κ3) is 1.97. The van der Waals surface area contributed by atoms with Gasteiger partial charge in [0, 0.05) is 0 Å². The summed E-state index contributed by atoms with van der Waals surface area (Å²) in [6, 6.07) is -0.0672. The number of hydrogen-bond acceptors (Lipinski definition) is 3. The molecular formula is C9H17NO2. The van der Waals surface area contributed by atoms with Gasteiger partial charge in [-0.1, -0.05) is 13.8 Å². The number of carbonyl (C=O) groups is 1. The van der Waals surface area contributed by atoms with Crippen LogP contribution in [0.2, 0.25) is 0 Å². The molecule has 1 saturated heterocycles. The first-order valence-corrected chi connectivity index (χ1v) is 4.46. The molecule has 0 radical (unpaired) electrons. The number of methoxy groups -OCH3 is 1. The van der Waals surface area contributed by atoms with Crippen LogP contribution in [-0.4, -0.2) is 25.7 Å². The van der Waals surface area contributed by atoms with Gasteiger partial charge < -0.3 is 10.1 Å². The normalized spacial score (nSPS) is 29.3. The van der Waals surface area contributed by atoms with Crippen molar-refractivity contribution >= 4 is 5.97 Å². The van der Waals surface area contributed by atoms with E-state index in [2.05, 4.69) is 23.9 Å². The zero-order valence-corrected chi connectivity index (χ0v) is 7.96. The van der Waals surface area contributed by atoms with Crippen LogP contribution in [0.3, 0.4) is 0 Å². The zero-order chi connectivity index (χ0) is 9.14. The fourth-order valence-corrected chi connectivity index (χ4v) is 1.59. The fraction of sp³-hybridized carbons (Fsp3) is 0.889. The lowest BCUT2D eigenvalue weighted by Crippen LogP contribution is -2.31. The van der Waals surface area contributed by atoms with Gasteiger partial charge in [-0.05, 0) is 24.8 Å². The number of esters is 1. The van der Waals surface area contributed by atoms with E-state index >= 15 is 0 Å². The molecule has 3 nitrogen and oxygen atoms in total. The molecule has 0 aromatic rings. The van der Waals surface area contributed by atoms with E-state index in [1.54, 1.807) is 0 Å². The summed E-state index contributed by atoms with van der Waals surface area (Å²) in [4.78, 5) is 11.1. The van der Waals surface area contributed by atoms with Crippen LogP contribution in [0.5, 0.6) is 0 Å². The molecule has 0 aliphatic carbocycles. The van der Waals surface area contributed by atoms with Crippen molar-refractivity contribution in [3.05, 3.63) is 0 Å². The molecule has 1 rings (SSSR count). The van der Waals surface area contributed by atoms with E-state index < -0.39 is 0 Å². The quantitative estimate of drug-likeness (QED) is 0.624. The Kier molecular flexibility index (Phi) is 3.09. The topological polar surface area (TPSA) is 38.3 Å². The maximum atomic E-state index is 11.1. The Bertz CT molecular complexity index is 168. The zero-order valence-electron chi connectivity index (χ0n) is 7.96. The summed E-state index contributed by atoms with van der Waals surface area (Å²) in [5, 5.41) is 3.16. The van der Waals surface area contributed by atoms with Gasteiger partial charge in [0.15, 0.2) is 0 Å². The highest BCUT2D eigenvalue weighted by atomic mass is 16.5. The van der Waals surface area contributed by atoms with E-state index in [9.17, 15) is 4.79 Å². The first kappa shape index (κ1) is 9.52.